The van der Waals surface area contributed by atoms with Crippen LogP contribution < -0.4 is 5.73 Å². The van der Waals surface area contributed by atoms with Crippen molar-refractivity contribution in [2.45, 2.75) is 0 Å². The van der Waals surface area contributed by atoms with Gasteiger partial charge < -0.3 is 15.3 Å². The van der Waals surface area contributed by atoms with Crippen LogP contribution in [0.15, 0.2) is 40.8 Å². The number of hydrogen-bond acceptors (Lipinski definition) is 4. The Kier molecular flexibility index (Phi) is 2.38. The number of aromatic hydroxyl groups is 1. The molecule has 5 heteroatoms. The van der Waals surface area contributed by atoms with Crippen LogP contribution in [0.2, 0.25) is 5.02 Å². The molecule has 0 bridgehead atoms. The molecule has 4 nitrogen and oxygen atoms in total. The second kappa shape index (κ2) is 3.92. The zero-order chi connectivity index (χ0) is 12.7. The molecule has 90 valence electrons. The molecule has 0 unspecified atom stereocenters. The lowest BCUT2D eigenvalue weighted by atomic mass is 10.2. The predicted octanol–water partition coefficient (Wildman–Crippen LogP) is 3.44. The number of rotatable bonds is 1. The van der Waals surface area contributed by atoms with E-state index in [4.69, 9.17) is 21.8 Å². The Labute approximate surface area is 108 Å². The van der Waals surface area contributed by atoms with Gasteiger partial charge in [0.2, 0.25) is 5.89 Å². The number of nitrogens with two attached hydrogens (primary N) is 1. The molecule has 0 atom stereocenters. The van der Waals surface area contributed by atoms with Crippen molar-refractivity contribution in [1.82, 2.24) is 4.98 Å². The van der Waals surface area contributed by atoms with Crippen LogP contribution in [-0.4, -0.2) is 10.1 Å². The molecular formula is C13H9ClN2O2. The minimum absolute atomic E-state index is 0.0712. The second-order valence-electron chi connectivity index (χ2n) is 3.91. The number of benzene rings is 2. The van der Waals surface area contributed by atoms with Gasteiger partial charge in [0.15, 0.2) is 5.58 Å². The highest BCUT2D eigenvalue weighted by atomic mass is 35.5. The van der Waals surface area contributed by atoms with E-state index in [0.29, 0.717) is 33.3 Å². The van der Waals surface area contributed by atoms with Crippen molar-refractivity contribution in [1.29, 1.82) is 0 Å². The van der Waals surface area contributed by atoms with Crippen molar-refractivity contribution in [2.75, 3.05) is 5.73 Å². The lowest BCUT2D eigenvalue weighted by molar-refractivity contribution is 0.474. The molecule has 3 aromatic rings. The van der Waals surface area contributed by atoms with Gasteiger partial charge >= 0.3 is 0 Å². The number of nitrogen functional groups attached to an aromatic ring is 1. The zero-order valence-corrected chi connectivity index (χ0v) is 9.98. The van der Waals surface area contributed by atoms with Crippen molar-refractivity contribution in [3.63, 3.8) is 0 Å². The van der Waals surface area contributed by atoms with E-state index in [1.165, 1.54) is 6.07 Å². The van der Waals surface area contributed by atoms with Gasteiger partial charge in [-0.25, -0.2) is 4.98 Å². The van der Waals surface area contributed by atoms with Gasteiger partial charge in [-0.2, -0.15) is 0 Å². The monoisotopic (exact) mass is 260 g/mol. The van der Waals surface area contributed by atoms with Crippen LogP contribution in [0, 0.1) is 0 Å². The molecule has 1 aromatic heterocycles. The Balaban J connectivity index is 2.22. The molecule has 0 aliphatic carbocycles. The summed E-state index contributed by atoms with van der Waals surface area (Å²) in [5.41, 5.74) is 7.92. The number of nitrogens with zero attached hydrogens (tertiary/aromatic N) is 1. The molecule has 0 fully saturated rings. The summed E-state index contributed by atoms with van der Waals surface area (Å²) < 4.78 is 5.56. The van der Waals surface area contributed by atoms with E-state index in [1.807, 2.05) is 0 Å². The lowest BCUT2D eigenvalue weighted by Crippen LogP contribution is -1.86. The Bertz CT molecular complexity index is 737. The van der Waals surface area contributed by atoms with Crippen LogP contribution in [0.1, 0.15) is 0 Å². The average Bonchev–Trinajstić information content (AvgIpc) is 2.74. The third-order valence-electron chi connectivity index (χ3n) is 2.60. The summed E-state index contributed by atoms with van der Waals surface area (Å²) in [7, 11) is 0. The summed E-state index contributed by atoms with van der Waals surface area (Å²) >= 11 is 5.88. The number of anilines is 1. The first-order chi connectivity index (χ1) is 8.63. The summed E-state index contributed by atoms with van der Waals surface area (Å²) in [6, 6.07) is 9.88. The number of hydrogen-bond donors (Lipinski definition) is 2. The number of halogens is 1. The van der Waals surface area contributed by atoms with Crippen LogP contribution in [0.25, 0.3) is 22.6 Å². The molecule has 0 saturated heterocycles. The summed E-state index contributed by atoms with van der Waals surface area (Å²) in [6.45, 7) is 0. The highest BCUT2D eigenvalue weighted by molar-refractivity contribution is 6.31. The van der Waals surface area contributed by atoms with Crippen molar-refractivity contribution < 1.29 is 9.52 Å². The zero-order valence-electron chi connectivity index (χ0n) is 9.22. The number of oxazole rings is 1. The third kappa shape index (κ3) is 1.76. The lowest BCUT2D eigenvalue weighted by Gasteiger charge is -2.00. The minimum Gasteiger partial charge on any atom is -0.507 e. The van der Waals surface area contributed by atoms with Gasteiger partial charge in [-0.15, -0.1) is 0 Å². The maximum absolute atomic E-state index is 9.79. The fourth-order valence-electron chi connectivity index (χ4n) is 1.74. The Morgan fingerprint density at radius 1 is 1.17 bits per heavy atom. The largest absolute Gasteiger partial charge is 0.507 e. The molecule has 0 saturated carbocycles. The van der Waals surface area contributed by atoms with E-state index < -0.39 is 0 Å². The van der Waals surface area contributed by atoms with Crippen LogP contribution in [0.5, 0.6) is 5.75 Å². The van der Waals surface area contributed by atoms with Crippen molar-refractivity contribution >= 4 is 28.4 Å². The number of aromatic nitrogens is 1. The van der Waals surface area contributed by atoms with E-state index in [1.54, 1.807) is 30.3 Å². The van der Waals surface area contributed by atoms with Gasteiger partial charge in [0.05, 0.1) is 5.56 Å². The van der Waals surface area contributed by atoms with Gasteiger partial charge in [0.25, 0.3) is 0 Å². The van der Waals surface area contributed by atoms with Crippen LogP contribution in [-0.2, 0) is 0 Å². The predicted molar refractivity (Wildman–Crippen MR) is 70.5 cm³/mol. The van der Waals surface area contributed by atoms with E-state index in [-0.39, 0.29) is 5.75 Å². The Hall–Kier alpha value is -2.20. The topological polar surface area (TPSA) is 72.3 Å². The molecule has 0 radical (unpaired) electrons. The molecule has 0 amide bonds. The summed E-state index contributed by atoms with van der Waals surface area (Å²) in [5.74, 6) is 0.388. The average molecular weight is 261 g/mol. The normalized spacial score (nSPS) is 10.9. The highest BCUT2D eigenvalue weighted by Crippen LogP contribution is 2.32. The van der Waals surface area contributed by atoms with Crippen LogP contribution in [0.3, 0.4) is 0 Å². The molecule has 3 N–H and O–H groups in total. The van der Waals surface area contributed by atoms with E-state index in [0.717, 1.165) is 0 Å². The first kappa shape index (κ1) is 10.9. The van der Waals surface area contributed by atoms with Crippen molar-refractivity contribution in [3.8, 4) is 17.2 Å². The minimum atomic E-state index is 0.0712. The van der Waals surface area contributed by atoms with Gasteiger partial charge in [0, 0.05) is 10.7 Å². The molecule has 2 aromatic carbocycles. The van der Waals surface area contributed by atoms with Gasteiger partial charge in [-0.3, -0.25) is 0 Å². The number of fused-ring (bicyclic) bond motifs is 1. The van der Waals surface area contributed by atoms with Gasteiger partial charge in [0.1, 0.15) is 11.3 Å². The van der Waals surface area contributed by atoms with Crippen molar-refractivity contribution in [3.05, 3.63) is 41.4 Å². The maximum atomic E-state index is 9.79. The van der Waals surface area contributed by atoms with Crippen molar-refractivity contribution in [2.24, 2.45) is 0 Å². The molecule has 1 heterocycles. The quantitative estimate of drug-likeness (QED) is 0.519. The Morgan fingerprint density at radius 2 is 2.00 bits per heavy atom. The fraction of sp³-hybridized carbons (Fsp3) is 0. The van der Waals surface area contributed by atoms with Gasteiger partial charge in [-0.1, -0.05) is 11.6 Å². The van der Waals surface area contributed by atoms with Gasteiger partial charge in [-0.05, 0) is 36.4 Å². The van der Waals surface area contributed by atoms with Crippen LogP contribution in [0.4, 0.5) is 5.69 Å². The fourth-order valence-corrected chi connectivity index (χ4v) is 1.91. The molecule has 18 heavy (non-hydrogen) atoms. The number of phenols is 1. The molecular weight excluding hydrogens is 252 g/mol. The molecule has 0 aliphatic rings. The standard InChI is InChI=1S/C13H9ClN2O2/c14-7-1-4-12-10(5-7)16-13(18-12)9-6-8(15)2-3-11(9)17/h1-6,17H,15H2. The smallest absolute Gasteiger partial charge is 0.231 e. The summed E-state index contributed by atoms with van der Waals surface area (Å²) in [4.78, 5) is 4.28. The highest BCUT2D eigenvalue weighted by Gasteiger charge is 2.12. The molecule has 0 aliphatic heterocycles. The summed E-state index contributed by atoms with van der Waals surface area (Å²) in [6.07, 6.45) is 0. The molecule has 0 spiro atoms. The number of phenolic OH excluding ortho intramolecular Hbond substituents is 1. The van der Waals surface area contributed by atoms with Crippen LogP contribution >= 0.6 is 11.6 Å². The first-order valence-corrected chi connectivity index (χ1v) is 5.66. The Morgan fingerprint density at radius 3 is 2.83 bits per heavy atom. The molecule has 3 rings (SSSR count). The SMILES string of the molecule is Nc1ccc(O)c(-c2nc3cc(Cl)ccc3o2)c1. The first-order valence-electron chi connectivity index (χ1n) is 5.28. The van der Waals surface area contributed by atoms with E-state index >= 15 is 0 Å². The summed E-state index contributed by atoms with van der Waals surface area (Å²) in [5, 5.41) is 10.4. The van der Waals surface area contributed by atoms with E-state index in [9.17, 15) is 5.11 Å². The second-order valence-corrected chi connectivity index (χ2v) is 4.34. The third-order valence-corrected chi connectivity index (χ3v) is 2.84. The maximum Gasteiger partial charge on any atom is 0.231 e. The van der Waals surface area contributed by atoms with E-state index in [2.05, 4.69) is 4.98 Å².